The summed E-state index contributed by atoms with van der Waals surface area (Å²) in [5.41, 5.74) is 1.03. The first-order valence-electron chi connectivity index (χ1n) is 5.81. The van der Waals surface area contributed by atoms with Crippen molar-refractivity contribution in [3.05, 3.63) is 53.2 Å². The van der Waals surface area contributed by atoms with Crippen LogP contribution in [0.25, 0.3) is 0 Å². The summed E-state index contributed by atoms with van der Waals surface area (Å²) in [7, 11) is 3.44. The molecule has 0 fully saturated rings. The summed E-state index contributed by atoms with van der Waals surface area (Å²) in [5, 5.41) is 3.23. The van der Waals surface area contributed by atoms with E-state index in [-0.39, 0.29) is 11.6 Å². The van der Waals surface area contributed by atoms with Gasteiger partial charge in [0.25, 0.3) is 5.91 Å². The number of para-hydroxylation sites is 1. The summed E-state index contributed by atoms with van der Waals surface area (Å²) < 4.78 is 0. The molecule has 2 aromatic rings. The highest BCUT2D eigenvalue weighted by Gasteiger charge is 2.18. The van der Waals surface area contributed by atoms with Gasteiger partial charge in [0.1, 0.15) is 11.5 Å². The van der Waals surface area contributed by atoms with Crippen molar-refractivity contribution in [1.29, 1.82) is 0 Å². The van der Waals surface area contributed by atoms with Gasteiger partial charge in [-0.1, -0.05) is 29.8 Å². The highest BCUT2D eigenvalue weighted by molar-refractivity contribution is 6.34. The Morgan fingerprint density at radius 2 is 1.89 bits per heavy atom. The fraction of sp³-hybridized carbons (Fsp3) is 0.143. The van der Waals surface area contributed by atoms with Gasteiger partial charge < -0.3 is 10.2 Å². The number of carbonyl (C=O) groups excluding carboxylic acids is 1. The molecule has 0 aliphatic carbocycles. The first-order valence-corrected chi connectivity index (χ1v) is 6.18. The van der Waals surface area contributed by atoms with Gasteiger partial charge in [0, 0.05) is 19.8 Å². The fourth-order valence-corrected chi connectivity index (χ4v) is 1.85. The molecule has 0 radical (unpaired) electrons. The minimum Gasteiger partial charge on any atom is -0.373 e. The van der Waals surface area contributed by atoms with E-state index < -0.39 is 0 Å². The molecule has 0 aliphatic heterocycles. The van der Waals surface area contributed by atoms with Gasteiger partial charge in [0.05, 0.1) is 5.02 Å². The van der Waals surface area contributed by atoms with Crippen LogP contribution in [-0.2, 0) is 0 Å². The average molecular weight is 276 g/mol. The second kappa shape index (κ2) is 5.71. The summed E-state index contributed by atoms with van der Waals surface area (Å²) >= 11 is 6.04. The van der Waals surface area contributed by atoms with Crippen molar-refractivity contribution in [3.8, 4) is 0 Å². The number of nitrogens with one attached hydrogen (secondary N) is 1. The first-order chi connectivity index (χ1) is 9.13. The molecule has 4 nitrogen and oxygen atoms in total. The van der Waals surface area contributed by atoms with E-state index in [9.17, 15) is 4.79 Å². The van der Waals surface area contributed by atoms with Crippen LogP contribution >= 0.6 is 11.6 Å². The fourth-order valence-electron chi connectivity index (χ4n) is 1.66. The summed E-state index contributed by atoms with van der Waals surface area (Å²) in [6.07, 6.45) is 0. The first kappa shape index (κ1) is 13.4. The van der Waals surface area contributed by atoms with E-state index in [1.54, 1.807) is 26.2 Å². The number of hydrogen-bond acceptors (Lipinski definition) is 3. The van der Waals surface area contributed by atoms with Crippen LogP contribution in [0.15, 0.2) is 42.5 Å². The molecule has 0 unspecified atom stereocenters. The quantitative estimate of drug-likeness (QED) is 0.936. The smallest absolute Gasteiger partial charge is 0.278 e. The second-order valence-electron chi connectivity index (χ2n) is 3.98. The molecule has 1 heterocycles. The van der Waals surface area contributed by atoms with E-state index in [2.05, 4.69) is 10.3 Å². The van der Waals surface area contributed by atoms with Crippen LogP contribution in [0.2, 0.25) is 5.02 Å². The zero-order chi connectivity index (χ0) is 13.8. The molecule has 1 aromatic carbocycles. The van der Waals surface area contributed by atoms with E-state index in [0.29, 0.717) is 10.8 Å². The van der Waals surface area contributed by atoms with Crippen molar-refractivity contribution >= 4 is 29.0 Å². The Morgan fingerprint density at radius 3 is 2.53 bits per heavy atom. The lowest BCUT2D eigenvalue weighted by molar-refractivity contribution is 0.0988. The summed E-state index contributed by atoms with van der Waals surface area (Å²) in [4.78, 5) is 18.1. The number of rotatable bonds is 3. The highest BCUT2D eigenvalue weighted by Crippen LogP contribution is 2.20. The van der Waals surface area contributed by atoms with Crippen LogP contribution in [-0.4, -0.2) is 25.0 Å². The Morgan fingerprint density at radius 1 is 1.21 bits per heavy atom. The lowest BCUT2D eigenvalue weighted by Crippen LogP contribution is -2.27. The predicted molar refractivity (Wildman–Crippen MR) is 78.0 cm³/mol. The number of pyridine rings is 1. The molecular weight excluding hydrogens is 262 g/mol. The van der Waals surface area contributed by atoms with Crippen LogP contribution in [0.3, 0.4) is 0 Å². The van der Waals surface area contributed by atoms with E-state index in [4.69, 9.17) is 11.6 Å². The third kappa shape index (κ3) is 2.85. The minimum atomic E-state index is -0.242. The van der Waals surface area contributed by atoms with E-state index >= 15 is 0 Å². The number of carbonyl (C=O) groups is 1. The Kier molecular flexibility index (Phi) is 4.02. The molecule has 0 spiro atoms. The largest absolute Gasteiger partial charge is 0.373 e. The zero-order valence-electron chi connectivity index (χ0n) is 10.7. The number of aromatic nitrogens is 1. The second-order valence-corrected chi connectivity index (χ2v) is 4.38. The van der Waals surface area contributed by atoms with Crippen LogP contribution in [0.5, 0.6) is 0 Å². The lowest BCUT2D eigenvalue weighted by atomic mass is 10.2. The van der Waals surface area contributed by atoms with Crippen molar-refractivity contribution in [3.63, 3.8) is 0 Å². The lowest BCUT2D eigenvalue weighted by Gasteiger charge is -2.17. The Hall–Kier alpha value is -2.07. The topological polar surface area (TPSA) is 45.2 Å². The number of hydrogen-bond donors (Lipinski definition) is 1. The molecule has 1 aromatic heterocycles. The number of anilines is 2. The standard InChI is InChI=1S/C14H14ClN3O/c1-16-12-9-8-11(15)13(17-12)14(19)18(2)10-6-4-3-5-7-10/h3-9H,1-2H3,(H,16,17). The molecular formula is C14H14ClN3O. The normalized spacial score (nSPS) is 10.1. The maximum atomic E-state index is 12.4. The van der Waals surface area contributed by atoms with Gasteiger partial charge in [-0.2, -0.15) is 0 Å². The molecule has 0 atom stereocenters. The predicted octanol–water partition coefficient (Wildman–Crippen LogP) is 3.05. The molecule has 1 N–H and O–H groups in total. The molecule has 0 saturated carbocycles. The maximum Gasteiger partial charge on any atom is 0.278 e. The summed E-state index contributed by atoms with van der Waals surface area (Å²) in [6, 6.07) is 12.7. The van der Waals surface area contributed by atoms with Crippen molar-refractivity contribution in [2.75, 3.05) is 24.3 Å². The van der Waals surface area contributed by atoms with Gasteiger partial charge in [-0.05, 0) is 24.3 Å². The molecule has 2 rings (SSSR count). The van der Waals surface area contributed by atoms with Crippen molar-refractivity contribution in [2.24, 2.45) is 0 Å². The highest BCUT2D eigenvalue weighted by atomic mass is 35.5. The Labute approximate surface area is 117 Å². The SMILES string of the molecule is CNc1ccc(Cl)c(C(=O)N(C)c2ccccc2)n1. The molecule has 19 heavy (non-hydrogen) atoms. The number of halogens is 1. The number of amides is 1. The number of benzene rings is 1. The molecule has 0 saturated heterocycles. The molecule has 98 valence electrons. The maximum absolute atomic E-state index is 12.4. The monoisotopic (exact) mass is 275 g/mol. The molecule has 0 aliphatic rings. The van der Waals surface area contributed by atoms with E-state index in [0.717, 1.165) is 5.69 Å². The van der Waals surface area contributed by atoms with Crippen LogP contribution in [0.1, 0.15) is 10.5 Å². The molecule has 1 amide bonds. The van der Waals surface area contributed by atoms with E-state index in [1.807, 2.05) is 30.3 Å². The van der Waals surface area contributed by atoms with Crippen molar-refractivity contribution in [2.45, 2.75) is 0 Å². The van der Waals surface area contributed by atoms with Gasteiger partial charge >= 0.3 is 0 Å². The van der Waals surface area contributed by atoms with Crippen molar-refractivity contribution in [1.82, 2.24) is 4.98 Å². The third-order valence-electron chi connectivity index (χ3n) is 2.75. The number of nitrogens with zero attached hydrogens (tertiary/aromatic N) is 2. The van der Waals surface area contributed by atoms with Crippen LogP contribution < -0.4 is 10.2 Å². The van der Waals surface area contributed by atoms with Gasteiger partial charge in [0.15, 0.2) is 0 Å². The van der Waals surface area contributed by atoms with Gasteiger partial charge in [-0.25, -0.2) is 4.98 Å². The van der Waals surface area contributed by atoms with Gasteiger partial charge in [-0.3, -0.25) is 4.79 Å². The third-order valence-corrected chi connectivity index (χ3v) is 3.06. The van der Waals surface area contributed by atoms with Crippen LogP contribution in [0.4, 0.5) is 11.5 Å². The zero-order valence-corrected chi connectivity index (χ0v) is 11.5. The molecule has 5 heteroatoms. The van der Waals surface area contributed by atoms with Gasteiger partial charge in [-0.15, -0.1) is 0 Å². The molecule has 0 bridgehead atoms. The van der Waals surface area contributed by atoms with Crippen molar-refractivity contribution < 1.29 is 4.79 Å². The van der Waals surface area contributed by atoms with E-state index in [1.165, 1.54) is 4.90 Å². The van der Waals surface area contributed by atoms with Crippen LogP contribution in [0, 0.1) is 0 Å². The minimum absolute atomic E-state index is 0.236. The summed E-state index contributed by atoms with van der Waals surface area (Å²) in [5.74, 6) is 0.363. The summed E-state index contributed by atoms with van der Waals surface area (Å²) in [6.45, 7) is 0. The Balaban J connectivity index is 2.34. The van der Waals surface area contributed by atoms with Gasteiger partial charge in [0.2, 0.25) is 0 Å². The average Bonchev–Trinajstić information content (AvgIpc) is 2.47. The Bertz CT molecular complexity index is 586.